The van der Waals surface area contributed by atoms with Gasteiger partial charge in [-0.15, -0.1) is 0 Å². The van der Waals surface area contributed by atoms with Crippen molar-refractivity contribution in [2.24, 2.45) is 0 Å². The third-order valence-electron chi connectivity index (χ3n) is 1.09. The average molecular weight is 151 g/mol. The Hall–Kier alpha value is -1.05. The highest BCUT2D eigenvalue weighted by Gasteiger charge is 1.73. The summed E-state index contributed by atoms with van der Waals surface area (Å²) >= 11 is 0. The fourth-order valence-electron chi connectivity index (χ4n) is 0.377. The van der Waals surface area contributed by atoms with Crippen LogP contribution in [0, 0.1) is 6.92 Å². The molecule has 0 spiro atoms. The quantitative estimate of drug-likeness (QED) is 0.635. The van der Waals surface area contributed by atoms with Gasteiger partial charge in [0.05, 0.1) is 6.33 Å². The van der Waals surface area contributed by atoms with Gasteiger partial charge in [0.1, 0.15) is 0 Å². The van der Waals surface area contributed by atoms with Gasteiger partial charge in [-0.2, -0.15) is 0 Å². The van der Waals surface area contributed by atoms with Crippen molar-refractivity contribution in [2.45, 2.75) is 19.8 Å². The first-order valence-electron chi connectivity index (χ1n) is 3.74. The van der Waals surface area contributed by atoms with Gasteiger partial charge < -0.3 is 4.57 Å². The zero-order valence-corrected chi connectivity index (χ0v) is 7.03. The predicted octanol–water partition coefficient (Wildman–Crippen LogP) is 2.60. The molecular formula is C9H15N2. The van der Waals surface area contributed by atoms with Crippen molar-refractivity contribution >= 4 is 6.20 Å². The van der Waals surface area contributed by atoms with Crippen molar-refractivity contribution in [1.82, 2.24) is 9.55 Å². The Labute approximate surface area is 68.6 Å². The predicted molar refractivity (Wildman–Crippen MR) is 48.9 cm³/mol. The lowest BCUT2D eigenvalue weighted by Gasteiger charge is -1.80. The molecule has 2 heteroatoms. The van der Waals surface area contributed by atoms with E-state index < -0.39 is 0 Å². The van der Waals surface area contributed by atoms with Crippen molar-refractivity contribution < 1.29 is 0 Å². The molecule has 2 nitrogen and oxygen atoms in total. The van der Waals surface area contributed by atoms with Crippen LogP contribution < -0.4 is 0 Å². The van der Waals surface area contributed by atoms with Gasteiger partial charge in [0.25, 0.3) is 0 Å². The second kappa shape index (κ2) is 7.06. The molecule has 1 heterocycles. The van der Waals surface area contributed by atoms with Gasteiger partial charge in [-0.25, -0.2) is 4.98 Å². The van der Waals surface area contributed by atoms with E-state index in [9.17, 15) is 0 Å². The van der Waals surface area contributed by atoms with E-state index in [4.69, 9.17) is 0 Å². The monoisotopic (exact) mass is 151 g/mol. The second-order valence-electron chi connectivity index (χ2n) is 2.05. The molecule has 0 N–H and O–H groups in total. The highest BCUT2D eigenvalue weighted by atomic mass is 15.0. The van der Waals surface area contributed by atoms with E-state index >= 15 is 0 Å². The van der Waals surface area contributed by atoms with Crippen LogP contribution in [0.15, 0.2) is 25.3 Å². The molecule has 0 aliphatic rings. The summed E-state index contributed by atoms with van der Waals surface area (Å²) in [6.45, 7) is 9.25. The molecular weight excluding hydrogens is 136 g/mol. The van der Waals surface area contributed by atoms with Crippen molar-refractivity contribution in [3.63, 3.8) is 0 Å². The molecule has 0 amide bonds. The van der Waals surface area contributed by atoms with E-state index in [0.29, 0.717) is 0 Å². The van der Waals surface area contributed by atoms with Gasteiger partial charge in [0.2, 0.25) is 0 Å². The van der Waals surface area contributed by atoms with Gasteiger partial charge in [0, 0.05) is 18.6 Å². The normalized spacial score (nSPS) is 8.18. The summed E-state index contributed by atoms with van der Waals surface area (Å²) in [5.74, 6) is 0. The highest BCUT2D eigenvalue weighted by Crippen LogP contribution is 1.81. The molecule has 0 aromatic carbocycles. The lowest BCUT2D eigenvalue weighted by atomic mass is 10.4. The molecule has 11 heavy (non-hydrogen) atoms. The molecule has 0 unspecified atom stereocenters. The van der Waals surface area contributed by atoms with Crippen LogP contribution in [-0.2, 0) is 0 Å². The van der Waals surface area contributed by atoms with Crippen molar-refractivity contribution in [1.29, 1.82) is 0 Å². The highest BCUT2D eigenvalue weighted by molar-refractivity contribution is 5.14. The SMILES string of the molecule is C=Cn1ccnc1.[CH2]CCC. The first-order valence-corrected chi connectivity index (χ1v) is 3.74. The van der Waals surface area contributed by atoms with Crippen LogP contribution in [0.5, 0.6) is 0 Å². The minimum Gasteiger partial charge on any atom is -0.314 e. The zero-order chi connectivity index (χ0) is 8.53. The van der Waals surface area contributed by atoms with E-state index in [1.165, 1.54) is 6.42 Å². The van der Waals surface area contributed by atoms with Gasteiger partial charge in [-0.1, -0.05) is 33.3 Å². The largest absolute Gasteiger partial charge is 0.314 e. The second-order valence-corrected chi connectivity index (χ2v) is 2.05. The maximum Gasteiger partial charge on any atom is 0.0986 e. The van der Waals surface area contributed by atoms with Gasteiger partial charge >= 0.3 is 0 Å². The topological polar surface area (TPSA) is 17.8 Å². The molecule has 1 rings (SSSR count). The van der Waals surface area contributed by atoms with E-state index in [1.54, 1.807) is 23.3 Å². The Morgan fingerprint density at radius 1 is 1.64 bits per heavy atom. The van der Waals surface area contributed by atoms with E-state index in [0.717, 1.165) is 6.42 Å². The molecule has 61 valence electrons. The standard InChI is InChI=1S/C5H6N2.C4H9/c1-2-7-4-3-6-5-7;1-3-4-2/h2-5H,1H2;1,3-4H2,2H3. The Balaban J connectivity index is 0.000000218. The van der Waals surface area contributed by atoms with Crippen molar-refractivity contribution in [2.75, 3.05) is 0 Å². The van der Waals surface area contributed by atoms with Crippen LogP contribution in [0.2, 0.25) is 0 Å². The van der Waals surface area contributed by atoms with Crippen LogP contribution in [0.4, 0.5) is 0 Å². The van der Waals surface area contributed by atoms with Gasteiger partial charge in [0.15, 0.2) is 0 Å². The number of unbranched alkanes of at least 4 members (excludes halogenated alkanes) is 1. The Morgan fingerprint density at radius 2 is 2.27 bits per heavy atom. The maximum atomic E-state index is 3.78. The number of imidazole rings is 1. The summed E-state index contributed by atoms with van der Waals surface area (Å²) in [6.07, 6.45) is 9.19. The molecule has 1 radical (unpaired) electrons. The molecule has 0 aliphatic heterocycles. The number of nitrogens with zero attached hydrogens (tertiary/aromatic N) is 2. The lowest BCUT2D eigenvalue weighted by Crippen LogP contribution is -1.73. The summed E-state index contributed by atoms with van der Waals surface area (Å²) in [5.41, 5.74) is 0. The van der Waals surface area contributed by atoms with Gasteiger partial charge in [-0.3, -0.25) is 0 Å². The number of hydrogen-bond acceptors (Lipinski definition) is 1. The molecule has 0 aliphatic carbocycles. The van der Waals surface area contributed by atoms with Crippen LogP contribution in [0.1, 0.15) is 19.8 Å². The average Bonchev–Trinajstić information content (AvgIpc) is 2.56. The fourth-order valence-corrected chi connectivity index (χ4v) is 0.377. The molecule has 0 saturated heterocycles. The number of aromatic nitrogens is 2. The molecule has 1 aromatic rings. The summed E-state index contributed by atoms with van der Waals surface area (Å²) in [6, 6.07) is 0. The first-order chi connectivity index (χ1) is 5.35. The first kappa shape index (κ1) is 9.95. The van der Waals surface area contributed by atoms with Crippen molar-refractivity contribution in [3.05, 3.63) is 32.2 Å². The minimum absolute atomic E-state index is 1.07. The summed E-state index contributed by atoms with van der Waals surface area (Å²) in [7, 11) is 0. The molecule has 0 atom stereocenters. The molecule has 0 saturated carbocycles. The summed E-state index contributed by atoms with van der Waals surface area (Å²) in [4.78, 5) is 3.78. The van der Waals surface area contributed by atoms with E-state index in [1.807, 2.05) is 6.20 Å². The number of rotatable bonds is 2. The van der Waals surface area contributed by atoms with Crippen LogP contribution in [-0.4, -0.2) is 9.55 Å². The van der Waals surface area contributed by atoms with Crippen LogP contribution in [0.3, 0.4) is 0 Å². The molecule has 0 bridgehead atoms. The number of hydrogen-bond donors (Lipinski definition) is 0. The minimum atomic E-state index is 1.07. The fraction of sp³-hybridized carbons (Fsp3) is 0.333. The Morgan fingerprint density at radius 3 is 2.45 bits per heavy atom. The summed E-state index contributed by atoms with van der Waals surface area (Å²) < 4.78 is 1.78. The van der Waals surface area contributed by atoms with Crippen LogP contribution >= 0.6 is 0 Å². The third kappa shape index (κ3) is 5.40. The summed E-state index contributed by atoms with van der Waals surface area (Å²) in [5, 5.41) is 0. The van der Waals surface area contributed by atoms with E-state index in [-0.39, 0.29) is 0 Å². The zero-order valence-electron chi connectivity index (χ0n) is 7.03. The van der Waals surface area contributed by atoms with Crippen molar-refractivity contribution in [3.8, 4) is 0 Å². The Bertz CT molecular complexity index is 164. The lowest BCUT2D eigenvalue weighted by molar-refractivity contribution is 0.956. The van der Waals surface area contributed by atoms with Crippen LogP contribution in [0.25, 0.3) is 6.20 Å². The maximum absolute atomic E-state index is 3.78. The molecule has 0 fully saturated rings. The van der Waals surface area contributed by atoms with E-state index in [2.05, 4.69) is 25.4 Å². The third-order valence-corrected chi connectivity index (χ3v) is 1.09. The molecule has 1 aromatic heterocycles. The Kier molecular flexibility index (Phi) is 6.39. The smallest absolute Gasteiger partial charge is 0.0986 e. The van der Waals surface area contributed by atoms with Gasteiger partial charge in [-0.05, 0) is 0 Å².